The molecule has 1 aliphatic heterocycles. The molecular weight excluding hydrogens is 312 g/mol. The van der Waals surface area contributed by atoms with E-state index in [0.29, 0.717) is 0 Å². The van der Waals surface area contributed by atoms with Gasteiger partial charge < -0.3 is 10.6 Å². The molecule has 0 bridgehead atoms. The second-order valence-corrected chi connectivity index (χ2v) is 6.07. The van der Waals surface area contributed by atoms with Gasteiger partial charge in [0.05, 0.1) is 6.04 Å². The van der Waals surface area contributed by atoms with E-state index in [2.05, 4.69) is 15.9 Å². The average Bonchev–Trinajstić information content (AvgIpc) is 2.89. The number of carbonyl (C=O) groups is 1. The normalized spacial score (nSPS) is 23.0. The number of hydrogen-bond donors (Lipinski definition) is 1. The van der Waals surface area contributed by atoms with Gasteiger partial charge in [-0.05, 0) is 35.7 Å². The number of nitrogens with two attached hydrogens (primary N) is 1. The number of rotatable bonds is 2. The molecule has 3 rings (SSSR count). The molecular formula is C13H11BrN2OS. The molecule has 1 aliphatic rings. The molecule has 2 N–H and O–H groups in total. The minimum atomic E-state index is -0.424. The number of halogens is 1. The molecule has 0 spiro atoms. The molecule has 0 saturated carbocycles. The van der Waals surface area contributed by atoms with Crippen LogP contribution in [0.2, 0.25) is 0 Å². The van der Waals surface area contributed by atoms with E-state index in [1.807, 2.05) is 41.8 Å². The molecule has 2 atom stereocenters. The van der Waals surface area contributed by atoms with Gasteiger partial charge in [0.15, 0.2) is 0 Å². The number of nitrogens with zero attached hydrogens (tertiary/aromatic N) is 1. The highest BCUT2D eigenvalue weighted by Gasteiger charge is 2.47. The maximum Gasteiger partial charge on any atom is 0.247 e. The van der Waals surface area contributed by atoms with Crippen molar-refractivity contribution >= 4 is 38.9 Å². The van der Waals surface area contributed by atoms with Gasteiger partial charge in [0.25, 0.3) is 0 Å². The van der Waals surface area contributed by atoms with E-state index in [9.17, 15) is 4.79 Å². The number of thiophene rings is 1. The smallest absolute Gasteiger partial charge is 0.247 e. The minimum Gasteiger partial charge on any atom is -0.318 e. The zero-order chi connectivity index (χ0) is 12.7. The summed E-state index contributed by atoms with van der Waals surface area (Å²) in [5.41, 5.74) is 6.81. The molecule has 1 amide bonds. The first-order valence-corrected chi connectivity index (χ1v) is 7.23. The number of amides is 1. The SMILES string of the molecule is N[C@@H]1C(=O)N(c2ccc(Br)cc2)[C@H]1c1cccs1. The van der Waals surface area contributed by atoms with Gasteiger partial charge in [-0.3, -0.25) is 4.79 Å². The van der Waals surface area contributed by atoms with E-state index >= 15 is 0 Å². The number of β-lactam (4-membered cyclic amide) rings is 1. The maximum atomic E-state index is 11.9. The standard InChI is InChI=1S/C13H11BrN2OS/c14-8-3-5-9(6-4-8)16-12(11(15)13(16)17)10-2-1-7-18-10/h1-7,11-12H,15H2/t11-,12-/m0/s1. The van der Waals surface area contributed by atoms with Gasteiger partial charge in [-0.1, -0.05) is 22.0 Å². The Morgan fingerprint density at radius 1 is 1.22 bits per heavy atom. The zero-order valence-electron chi connectivity index (χ0n) is 9.42. The molecule has 0 aliphatic carbocycles. The van der Waals surface area contributed by atoms with Crippen molar-refractivity contribution in [3.63, 3.8) is 0 Å². The van der Waals surface area contributed by atoms with E-state index in [-0.39, 0.29) is 11.9 Å². The third-order valence-electron chi connectivity index (χ3n) is 3.08. The van der Waals surface area contributed by atoms with Gasteiger partial charge >= 0.3 is 0 Å². The fourth-order valence-corrected chi connectivity index (χ4v) is 3.29. The lowest BCUT2D eigenvalue weighted by Crippen LogP contribution is -2.63. The van der Waals surface area contributed by atoms with Crippen LogP contribution in [0.3, 0.4) is 0 Å². The van der Waals surface area contributed by atoms with Crippen LogP contribution < -0.4 is 10.6 Å². The molecule has 2 aromatic rings. The summed E-state index contributed by atoms with van der Waals surface area (Å²) in [6.45, 7) is 0. The molecule has 0 radical (unpaired) electrons. The van der Waals surface area contributed by atoms with Crippen molar-refractivity contribution in [2.45, 2.75) is 12.1 Å². The van der Waals surface area contributed by atoms with Gasteiger partial charge in [-0.15, -0.1) is 11.3 Å². The topological polar surface area (TPSA) is 46.3 Å². The first kappa shape index (κ1) is 11.9. The lowest BCUT2D eigenvalue weighted by Gasteiger charge is -2.44. The first-order chi connectivity index (χ1) is 8.68. The van der Waals surface area contributed by atoms with Crippen LogP contribution in [0.4, 0.5) is 5.69 Å². The fraction of sp³-hybridized carbons (Fsp3) is 0.154. The summed E-state index contributed by atoms with van der Waals surface area (Å²) < 4.78 is 0.996. The van der Waals surface area contributed by atoms with Crippen LogP contribution in [-0.2, 0) is 4.79 Å². The molecule has 1 aromatic heterocycles. The summed E-state index contributed by atoms with van der Waals surface area (Å²) >= 11 is 5.02. The van der Waals surface area contributed by atoms with Crippen molar-refractivity contribution in [2.75, 3.05) is 4.90 Å². The predicted octanol–water partition coefficient (Wildman–Crippen LogP) is 2.93. The number of benzene rings is 1. The second kappa shape index (κ2) is 4.50. The molecule has 1 fully saturated rings. The van der Waals surface area contributed by atoms with E-state index < -0.39 is 6.04 Å². The zero-order valence-corrected chi connectivity index (χ0v) is 11.8. The Labute approximate surface area is 117 Å². The lowest BCUT2D eigenvalue weighted by atomic mass is 9.93. The van der Waals surface area contributed by atoms with Crippen LogP contribution in [0.5, 0.6) is 0 Å². The highest BCUT2D eigenvalue weighted by Crippen LogP contribution is 2.40. The van der Waals surface area contributed by atoms with Crippen molar-refractivity contribution in [1.82, 2.24) is 0 Å². The molecule has 92 valence electrons. The summed E-state index contributed by atoms with van der Waals surface area (Å²) in [7, 11) is 0. The van der Waals surface area contributed by atoms with Gasteiger partial charge in [0, 0.05) is 15.0 Å². The average molecular weight is 323 g/mol. The van der Waals surface area contributed by atoms with Crippen molar-refractivity contribution in [3.05, 3.63) is 51.1 Å². The Morgan fingerprint density at radius 3 is 2.56 bits per heavy atom. The van der Waals surface area contributed by atoms with E-state index in [4.69, 9.17) is 5.73 Å². The monoisotopic (exact) mass is 322 g/mol. The van der Waals surface area contributed by atoms with Gasteiger partial charge in [0.1, 0.15) is 6.04 Å². The Balaban J connectivity index is 1.95. The van der Waals surface area contributed by atoms with Crippen LogP contribution in [0.1, 0.15) is 10.9 Å². The molecule has 0 unspecified atom stereocenters. The van der Waals surface area contributed by atoms with Gasteiger partial charge in [-0.25, -0.2) is 0 Å². The lowest BCUT2D eigenvalue weighted by molar-refractivity contribution is -0.126. The van der Waals surface area contributed by atoms with Gasteiger partial charge in [0.2, 0.25) is 5.91 Å². The molecule has 5 heteroatoms. The molecule has 1 aromatic carbocycles. The molecule has 18 heavy (non-hydrogen) atoms. The van der Waals surface area contributed by atoms with Crippen LogP contribution in [0.25, 0.3) is 0 Å². The third-order valence-corrected chi connectivity index (χ3v) is 4.55. The maximum absolute atomic E-state index is 11.9. The largest absolute Gasteiger partial charge is 0.318 e. The summed E-state index contributed by atoms with van der Waals surface area (Å²) in [6.07, 6.45) is 0. The first-order valence-electron chi connectivity index (χ1n) is 5.56. The summed E-state index contributed by atoms with van der Waals surface area (Å²) in [5, 5.41) is 2.00. The number of anilines is 1. The summed E-state index contributed by atoms with van der Waals surface area (Å²) in [5.74, 6) is -0.0178. The second-order valence-electron chi connectivity index (χ2n) is 4.17. The quantitative estimate of drug-likeness (QED) is 0.864. The Kier molecular flexibility index (Phi) is 2.97. The van der Waals surface area contributed by atoms with Crippen LogP contribution in [0, 0.1) is 0 Å². The van der Waals surface area contributed by atoms with Crippen molar-refractivity contribution in [1.29, 1.82) is 0 Å². The van der Waals surface area contributed by atoms with E-state index in [1.165, 1.54) is 0 Å². The van der Waals surface area contributed by atoms with Crippen molar-refractivity contribution in [3.8, 4) is 0 Å². The predicted molar refractivity (Wildman–Crippen MR) is 76.7 cm³/mol. The van der Waals surface area contributed by atoms with E-state index in [0.717, 1.165) is 15.0 Å². The Hall–Kier alpha value is -1.17. The number of carbonyl (C=O) groups excluding carboxylic acids is 1. The van der Waals surface area contributed by atoms with Crippen LogP contribution >= 0.6 is 27.3 Å². The Bertz CT molecular complexity index is 567. The summed E-state index contributed by atoms with van der Waals surface area (Å²) in [4.78, 5) is 14.8. The fourth-order valence-electron chi connectivity index (χ4n) is 2.16. The van der Waals surface area contributed by atoms with Crippen molar-refractivity contribution < 1.29 is 4.79 Å². The highest BCUT2D eigenvalue weighted by atomic mass is 79.9. The molecule has 3 nitrogen and oxygen atoms in total. The highest BCUT2D eigenvalue weighted by molar-refractivity contribution is 9.10. The molecule has 1 saturated heterocycles. The van der Waals surface area contributed by atoms with Crippen LogP contribution in [0.15, 0.2) is 46.3 Å². The number of hydrogen-bond acceptors (Lipinski definition) is 3. The van der Waals surface area contributed by atoms with Crippen molar-refractivity contribution in [2.24, 2.45) is 5.73 Å². The Morgan fingerprint density at radius 2 is 1.94 bits per heavy atom. The van der Waals surface area contributed by atoms with Crippen LogP contribution in [-0.4, -0.2) is 11.9 Å². The third kappa shape index (κ3) is 1.79. The molecule has 2 heterocycles. The van der Waals surface area contributed by atoms with E-state index in [1.54, 1.807) is 16.2 Å². The summed E-state index contributed by atoms with van der Waals surface area (Å²) in [6, 6.07) is 11.3. The van der Waals surface area contributed by atoms with Gasteiger partial charge in [-0.2, -0.15) is 0 Å². The minimum absolute atomic E-state index is 0.0178.